The molecule has 0 radical (unpaired) electrons. The molecule has 0 aliphatic heterocycles. The molecule has 14 heteroatoms. The van der Waals surface area contributed by atoms with Crippen LogP contribution >= 0.6 is 7.82 Å². The maximum atomic E-state index is 12.8. The van der Waals surface area contributed by atoms with E-state index >= 15 is 0 Å². The van der Waals surface area contributed by atoms with Gasteiger partial charge in [0.2, 0.25) is 0 Å². The Morgan fingerprint density at radius 3 is 1.35 bits per heavy atom. The first-order valence-electron chi connectivity index (χ1n) is 24.8. The molecule has 1 aliphatic rings. The molecule has 1 aliphatic carbocycles. The van der Waals surface area contributed by atoms with E-state index in [1.165, 1.54) is 103 Å². The number of phosphoric ester groups is 1. The molecule has 1 fully saturated rings. The Morgan fingerprint density at radius 2 is 0.857 bits per heavy atom. The summed E-state index contributed by atoms with van der Waals surface area (Å²) in [4.78, 5) is 35.7. The van der Waals surface area contributed by atoms with Crippen LogP contribution in [0.1, 0.15) is 206 Å². The zero-order valence-corrected chi connectivity index (χ0v) is 40.0. The zero-order valence-electron chi connectivity index (χ0n) is 39.1. The Morgan fingerprint density at radius 1 is 0.476 bits per heavy atom. The van der Waals surface area contributed by atoms with Gasteiger partial charge in [0.15, 0.2) is 6.10 Å². The predicted octanol–water partition coefficient (Wildman–Crippen LogP) is 10.2. The van der Waals surface area contributed by atoms with Crippen molar-refractivity contribution in [3.8, 4) is 0 Å². The van der Waals surface area contributed by atoms with E-state index in [1.807, 2.05) is 6.08 Å². The maximum absolute atomic E-state index is 12.8. The molecular formula is C49H89O13P. The summed E-state index contributed by atoms with van der Waals surface area (Å²) in [6.45, 7) is 3.23. The van der Waals surface area contributed by atoms with E-state index in [-0.39, 0.29) is 12.8 Å². The van der Waals surface area contributed by atoms with Gasteiger partial charge in [0.05, 0.1) is 6.61 Å². The number of allylic oxidation sites excluding steroid dienone is 6. The maximum Gasteiger partial charge on any atom is 0.472 e. The van der Waals surface area contributed by atoms with Gasteiger partial charge in [-0.15, -0.1) is 0 Å². The predicted molar refractivity (Wildman–Crippen MR) is 249 cm³/mol. The Balaban J connectivity index is 2.40. The number of rotatable bonds is 41. The van der Waals surface area contributed by atoms with Gasteiger partial charge in [-0.25, -0.2) is 4.57 Å². The molecule has 0 saturated heterocycles. The number of phosphoric acid groups is 1. The first kappa shape index (κ1) is 59.1. The standard InChI is InChI=1S/C49H89O13P/c1-3-5-7-9-11-13-15-16-17-18-19-20-21-22-23-24-25-26-28-30-32-34-36-38-43(51)61-41(39-59-42(50)37-35-33-31-29-27-14-12-10-8-6-4-2)40-60-63(57,58)62-49-47(55)45(53)44(52)46(54)48(49)56/h10,12,24-25,30,32,41,44-49,52-56H,3-9,11,13-23,26-29,31,33-40H2,1-2H3,(H,57,58)/b12-10+,25-24+,32-30+/t41-,44?,45-,46?,47?,48?,49?/m1/s1. The molecule has 0 aromatic heterocycles. The average Bonchev–Trinajstić information content (AvgIpc) is 3.26. The minimum Gasteiger partial charge on any atom is -0.462 e. The van der Waals surface area contributed by atoms with Gasteiger partial charge >= 0.3 is 19.8 Å². The molecular weight excluding hydrogens is 827 g/mol. The minimum atomic E-state index is -5.13. The summed E-state index contributed by atoms with van der Waals surface area (Å²) >= 11 is 0. The molecule has 0 bridgehead atoms. The Labute approximate surface area is 380 Å². The van der Waals surface area contributed by atoms with E-state index in [4.69, 9.17) is 18.5 Å². The lowest BCUT2D eigenvalue weighted by Crippen LogP contribution is -2.64. The Kier molecular flexibility index (Phi) is 36.8. The smallest absolute Gasteiger partial charge is 0.462 e. The van der Waals surface area contributed by atoms with Crippen LogP contribution in [0.5, 0.6) is 0 Å². The summed E-state index contributed by atoms with van der Waals surface area (Å²) in [6.07, 6.45) is 32.3. The van der Waals surface area contributed by atoms with Crippen molar-refractivity contribution in [3.05, 3.63) is 36.5 Å². The van der Waals surface area contributed by atoms with Crippen molar-refractivity contribution >= 4 is 19.8 Å². The molecule has 6 unspecified atom stereocenters. The lowest BCUT2D eigenvalue weighted by molar-refractivity contribution is -0.220. The lowest BCUT2D eigenvalue weighted by atomic mass is 9.85. The summed E-state index contributed by atoms with van der Waals surface area (Å²) in [6, 6.07) is 0. The van der Waals surface area contributed by atoms with E-state index in [0.717, 1.165) is 57.8 Å². The number of aliphatic hydroxyl groups is 5. The van der Waals surface area contributed by atoms with Gasteiger partial charge in [0.25, 0.3) is 0 Å². The molecule has 8 atom stereocenters. The molecule has 1 rings (SSSR count). The van der Waals surface area contributed by atoms with Crippen LogP contribution in [0.15, 0.2) is 36.5 Å². The number of unbranched alkanes of at least 4 members (excludes halogenated alkanes) is 23. The molecule has 0 heterocycles. The van der Waals surface area contributed by atoms with Gasteiger partial charge in [-0.2, -0.15) is 0 Å². The fourth-order valence-corrected chi connectivity index (χ4v) is 8.38. The SMILES string of the molecule is CCCC/C=C/CCCCCCCC(=O)OC[C@H](COP(=O)(O)OC1C(O)C(O)C(O)[C@@H](O)C1O)OC(=O)CCC/C=C/CC/C=C/CCCCCCCCCCCCCCCC. The van der Waals surface area contributed by atoms with Gasteiger partial charge in [-0.1, -0.05) is 166 Å². The van der Waals surface area contributed by atoms with Crippen molar-refractivity contribution in [3.63, 3.8) is 0 Å². The van der Waals surface area contributed by atoms with Crippen LogP contribution in [-0.2, 0) is 32.7 Å². The van der Waals surface area contributed by atoms with Gasteiger partial charge < -0.3 is 39.9 Å². The highest BCUT2D eigenvalue weighted by Gasteiger charge is 2.51. The zero-order chi connectivity index (χ0) is 46.4. The van der Waals surface area contributed by atoms with Crippen LogP contribution in [0.3, 0.4) is 0 Å². The van der Waals surface area contributed by atoms with Crippen molar-refractivity contribution in [2.24, 2.45) is 0 Å². The summed E-state index contributed by atoms with van der Waals surface area (Å²) in [5.41, 5.74) is 0. The minimum absolute atomic E-state index is 0.0360. The Hall–Kier alpha value is -1.93. The number of hydrogen-bond donors (Lipinski definition) is 6. The Bertz CT molecular complexity index is 1240. The van der Waals surface area contributed by atoms with E-state index in [0.29, 0.717) is 19.3 Å². The molecule has 0 aromatic rings. The second kappa shape index (κ2) is 39.3. The van der Waals surface area contributed by atoms with Gasteiger partial charge in [0, 0.05) is 12.8 Å². The molecule has 0 amide bonds. The van der Waals surface area contributed by atoms with E-state index in [9.17, 15) is 44.6 Å². The topological polar surface area (TPSA) is 210 Å². The number of ether oxygens (including phenoxy) is 2. The molecule has 6 N–H and O–H groups in total. The number of aliphatic hydroxyl groups excluding tert-OH is 5. The fraction of sp³-hybridized carbons (Fsp3) is 0.837. The normalized spacial score (nSPS) is 22.0. The van der Waals surface area contributed by atoms with Crippen molar-refractivity contribution in [1.29, 1.82) is 0 Å². The van der Waals surface area contributed by atoms with Crippen LogP contribution in [0.2, 0.25) is 0 Å². The van der Waals surface area contributed by atoms with E-state index in [2.05, 4.69) is 44.2 Å². The summed E-state index contributed by atoms with van der Waals surface area (Å²) in [5, 5.41) is 50.1. The highest BCUT2D eigenvalue weighted by Crippen LogP contribution is 2.47. The van der Waals surface area contributed by atoms with E-state index in [1.54, 1.807) is 0 Å². The first-order chi connectivity index (χ1) is 30.4. The summed E-state index contributed by atoms with van der Waals surface area (Å²) in [7, 11) is -5.13. The van der Waals surface area contributed by atoms with Crippen LogP contribution in [0.25, 0.3) is 0 Å². The molecule has 63 heavy (non-hydrogen) atoms. The van der Waals surface area contributed by atoms with Crippen molar-refractivity contribution < 1.29 is 63.1 Å². The van der Waals surface area contributed by atoms with Crippen LogP contribution in [0.4, 0.5) is 0 Å². The number of esters is 2. The van der Waals surface area contributed by atoms with Gasteiger partial charge in [-0.3, -0.25) is 18.6 Å². The molecule has 368 valence electrons. The van der Waals surface area contributed by atoms with E-state index < -0.39 is 75.7 Å². The second-order valence-electron chi connectivity index (χ2n) is 17.3. The van der Waals surface area contributed by atoms with Gasteiger partial charge in [0.1, 0.15) is 43.2 Å². The van der Waals surface area contributed by atoms with Crippen molar-refractivity contribution in [1.82, 2.24) is 0 Å². The third kappa shape index (κ3) is 31.6. The van der Waals surface area contributed by atoms with Crippen LogP contribution < -0.4 is 0 Å². The lowest BCUT2D eigenvalue weighted by Gasteiger charge is -2.41. The van der Waals surface area contributed by atoms with Crippen molar-refractivity contribution in [2.45, 2.75) is 249 Å². The second-order valence-corrected chi connectivity index (χ2v) is 18.7. The van der Waals surface area contributed by atoms with Crippen LogP contribution in [-0.4, -0.2) is 98.3 Å². The third-order valence-corrected chi connectivity index (χ3v) is 12.4. The molecule has 0 spiro atoms. The fourth-order valence-electron chi connectivity index (χ4n) is 7.41. The average molecular weight is 917 g/mol. The quantitative estimate of drug-likeness (QED) is 0.0146. The summed E-state index contributed by atoms with van der Waals surface area (Å²) < 4.78 is 33.5. The highest BCUT2D eigenvalue weighted by atomic mass is 31.2. The monoisotopic (exact) mass is 917 g/mol. The third-order valence-electron chi connectivity index (χ3n) is 11.4. The van der Waals surface area contributed by atoms with Gasteiger partial charge in [-0.05, 0) is 64.2 Å². The summed E-state index contributed by atoms with van der Waals surface area (Å²) in [5.74, 6) is -1.16. The van der Waals surface area contributed by atoms with Crippen molar-refractivity contribution in [2.75, 3.05) is 13.2 Å². The number of hydrogen-bond acceptors (Lipinski definition) is 12. The number of carbonyl (C=O) groups excluding carboxylic acids is 2. The molecule has 13 nitrogen and oxygen atoms in total. The highest BCUT2D eigenvalue weighted by molar-refractivity contribution is 7.47. The number of carbonyl (C=O) groups is 2. The molecule has 0 aromatic carbocycles. The largest absolute Gasteiger partial charge is 0.472 e. The first-order valence-corrected chi connectivity index (χ1v) is 26.3. The molecule has 1 saturated carbocycles. The van der Waals surface area contributed by atoms with Crippen LogP contribution in [0, 0.1) is 0 Å².